The van der Waals surface area contributed by atoms with E-state index in [4.69, 9.17) is 0 Å². The molecule has 29 heavy (non-hydrogen) atoms. The number of hydrogen-bond acceptors (Lipinski definition) is 7. The van der Waals surface area contributed by atoms with Gasteiger partial charge in [-0.2, -0.15) is 0 Å². The number of nitrogens with zero attached hydrogens (tertiary/aromatic N) is 6. The SMILES string of the molecule is O=C(CCN1CCN(c2ccccc2O)CC1)N1CCN(c2ncccn2)CC1. The Morgan fingerprint density at radius 2 is 1.52 bits per heavy atom. The number of para-hydroxylation sites is 2. The van der Waals surface area contributed by atoms with Crippen LogP contribution in [-0.4, -0.2) is 89.7 Å². The lowest BCUT2D eigenvalue weighted by atomic mass is 10.2. The summed E-state index contributed by atoms with van der Waals surface area (Å²) in [6, 6.07) is 9.28. The maximum atomic E-state index is 12.6. The monoisotopic (exact) mass is 396 g/mol. The highest BCUT2D eigenvalue weighted by Crippen LogP contribution is 2.27. The molecule has 0 bridgehead atoms. The van der Waals surface area contributed by atoms with Crippen molar-refractivity contribution >= 4 is 17.5 Å². The molecule has 3 heterocycles. The van der Waals surface area contributed by atoms with Gasteiger partial charge in [0.1, 0.15) is 5.75 Å². The molecule has 8 nitrogen and oxygen atoms in total. The Balaban J connectivity index is 1.19. The van der Waals surface area contributed by atoms with E-state index < -0.39 is 0 Å². The van der Waals surface area contributed by atoms with E-state index in [2.05, 4.69) is 24.7 Å². The molecule has 1 aromatic heterocycles. The van der Waals surface area contributed by atoms with Gasteiger partial charge < -0.3 is 19.8 Å². The van der Waals surface area contributed by atoms with Crippen LogP contribution in [0, 0.1) is 0 Å². The number of carbonyl (C=O) groups is 1. The van der Waals surface area contributed by atoms with Crippen molar-refractivity contribution in [3.8, 4) is 5.75 Å². The van der Waals surface area contributed by atoms with Crippen molar-refractivity contribution in [3.05, 3.63) is 42.7 Å². The van der Waals surface area contributed by atoms with Gasteiger partial charge in [0, 0.05) is 77.7 Å². The molecule has 2 aliphatic rings. The first-order valence-electron chi connectivity index (χ1n) is 10.3. The summed E-state index contributed by atoms with van der Waals surface area (Å²) in [5, 5.41) is 10.0. The predicted octanol–water partition coefficient (Wildman–Crippen LogP) is 1.04. The van der Waals surface area contributed by atoms with Crippen LogP contribution >= 0.6 is 0 Å². The van der Waals surface area contributed by atoms with Crippen molar-refractivity contribution in [2.24, 2.45) is 0 Å². The first-order chi connectivity index (χ1) is 14.2. The topological polar surface area (TPSA) is 76.0 Å². The molecule has 2 fully saturated rings. The number of phenols is 1. The van der Waals surface area contributed by atoms with Crippen LogP contribution in [-0.2, 0) is 4.79 Å². The van der Waals surface area contributed by atoms with Crippen LogP contribution in [0.3, 0.4) is 0 Å². The molecule has 2 saturated heterocycles. The quantitative estimate of drug-likeness (QED) is 0.809. The van der Waals surface area contributed by atoms with Gasteiger partial charge in [0.05, 0.1) is 5.69 Å². The molecule has 1 aromatic carbocycles. The van der Waals surface area contributed by atoms with Crippen molar-refractivity contribution in [1.82, 2.24) is 19.8 Å². The van der Waals surface area contributed by atoms with E-state index in [-0.39, 0.29) is 5.91 Å². The van der Waals surface area contributed by atoms with E-state index in [0.717, 1.165) is 70.5 Å². The molecule has 154 valence electrons. The summed E-state index contributed by atoms with van der Waals surface area (Å²) < 4.78 is 0. The molecule has 4 rings (SSSR count). The van der Waals surface area contributed by atoms with E-state index in [0.29, 0.717) is 12.2 Å². The summed E-state index contributed by atoms with van der Waals surface area (Å²) in [5.41, 5.74) is 0.892. The molecule has 1 N–H and O–H groups in total. The summed E-state index contributed by atoms with van der Waals surface area (Å²) in [7, 11) is 0. The summed E-state index contributed by atoms with van der Waals surface area (Å²) in [6.07, 6.45) is 4.05. The van der Waals surface area contributed by atoms with E-state index in [1.165, 1.54) is 0 Å². The van der Waals surface area contributed by atoms with E-state index >= 15 is 0 Å². The van der Waals surface area contributed by atoms with Gasteiger partial charge in [-0.1, -0.05) is 12.1 Å². The molecular weight excluding hydrogens is 368 g/mol. The van der Waals surface area contributed by atoms with Gasteiger partial charge in [0.15, 0.2) is 0 Å². The smallest absolute Gasteiger partial charge is 0.225 e. The minimum Gasteiger partial charge on any atom is -0.506 e. The highest BCUT2D eigenvalue weighted by Gasteiger charge is 2.24. The Labute approximate surface area is 171 Å². The molecule has 0 aliphatic carbocycles. The zero-order valence-corrected chi connectivity index (χ0v) is 16.7. The number of amides is 1. The summed E-state index contributed by atoms with van der Waals surface area (Å²) in [4.78, 5) is 29.8. The third kappa shape index (κ3) is 4.76. The number of piperazine rings is 2. The fourth-order valence-corrected chi connectivity index (χ4v) is 3.97. The van der Waals surface area contributed by atoms with Crippen LogP contribution in [0.2, 0.25) is 0 Å². The zero-order valence-electron chi connectivity index (χ0n) is 16.7. The highest BCUT2D eigenvalue weighted by atomic mass is 16.3. The molecular formula is C21H28N6O2. The number of benzene rings is 1. The second-order valence-corrected chi connectivity index (χ2v) is 7.48. The minimum absolute atomic E-state index is 0.224. The zero-order chi connectivity index (χ0) is 20.1. The summed E-state index contributed by atoms with van der Waals surface area (Å²) in [5.74, 6) is 1.29. The van der Waals surface area contributed by atoms with Crippen LogP contribution in [0.25, 0.3) is 0 Å². The van der Waals surface area contributed by atoms with Crippen molar-refractivity contribution < 1.29 is 9.90 Å². The van der Waals surface area contributed by atoms with Gasteiger partial charge in [-0.25, -0.2) is 9.97 Å². The molecule has 2 aliphatic heterocycles. The molecule has 1 amide bonds. The molecule has 0 atom stereocenters. The number of aromatic nitrogens is 2. The number of carbonyl (C=O) groups excluding carboxylic acids is 1. The summed E-state index contributed by atoms with van der Waals surface area (Å²) in [6.45, 7) is 7.31. The van der Waals surface area contributed by atoms with Gasteiger partial charge >= 0.3 is 0 Å². The van der Waals surface area contributed by atoms with Crippen LogP contribution in [0.4, 0.5) is 11.6 Å². The second-order valence-electron chi connectivity index (χ2n) is 7.48. The van der Waals surface area contributed by atoms with Gasteiger partial charge in [-0.15, -0.1) is 0 Å². The lowest BCUT2D eigenvalue weighted by molar-refractivity contribution is -0.131. The molecule has 2 aromatic rings. The number of anilines is 2. The van der Waals surface area contributed by atoms with Crippen LogP contribution in [0.1, 0.15) is 6.42 Å². The van der Waals surface area contributed by atoms with Crippen LogP contribution < -0.4 is 9.80 Å². The molecule has 0 saturated carbocycles. The van der Waals surface area contributed by atoms with Crippen molar-refractivity contribution in [3.63, 3.8) is 0 Å². The van der Waals surface area contributed by atoms with Gasteiger partial charge in [0.2, 0.25) is 11.9 Å². The fourth-order valence-electron chi connectivity index (χ4n) is 3.97. The van der Waals surface area contributed by atoms with E-state index in [1.807, 2.05) is 29.2 Å². The van der Waals surface area contributed by atoms with Gasteiger partial charge in [0.25, 0.3) is 0 Å². The molecule has 8 heteroatoms. The fraction of sp³-hybridized carbons (Fsp3) is 0.476. The number of rotatable bonds is 5. The molecule has 0 spiro atoms. The van der Waals surface area contributed by atoms with Crippen molar-refractivity contribution in [1.29, 1.82) is 0 Å². The summed E-state index contributed by atoms with van der Waals surface area (Å²) >= 11 is 0. The third-order valence-corrected chi connectivity index (χ3v) is 5.70. The largest absolute Gasteiger partial charge is 0.506 e. The Bertz CT molecular complexity index is 802. The first kappa shape index (κ1) is 19.4. The van der Waals surface area contributed by atoms with Gasteiger partial charge in [-0.3, -0.25) is 9.69 Å². The minimum atomic E-state index is 0.224. The molecule has 0 radical (unpaired) electrons. The number of aromatic hydroxyl groups is 1. The lowest BCUT2D eigenvalue weighted by Gasteiger charge is -2.37. The Hall–Kier alpha value is -2.87. The maximum absolute atomic E-state index is 12.6. The van der Waals surface area contributed by atoms with Crippen LogP contribution in [0.5, 0.6) is 5.75 Å². The van der Waals surface area contributed by atoms with Gasteiger partial charge in [-0.05, 0) is 18.2 Å². The first-order valence-corrected chi connectivity index (χ1v) is 10.3. The number of hydrogen-bond donors (Lipinski definition) is 1. The van der Waals surface area contributed by atoms with E-state index in [1.54, 1.807) is 18.5 Å². The molecule has 0 unspecified atom stereocenters. The standard InChI is InChI=1S/C21H28N6O2/c28-19-5-2-1-4-18(19)25-12-10-24(11-13-25)9-6-20(29)26-14-16-27(17-15-26)21-22-7-3-8-23-21/h1-5,7-8,28H,6,9-17H2. The second kappa shape index (κ2) is 9.09. The average molecular weight is 396 g/mol. The normalized spacial score (nSPS) is 18.1. The third-order valence-electron chi connectivity index (χ3n) is 5.70. The Kier molecular flexibility index (Phi) is 6.09. The van der Waals surface area contributed by atoms with Crippen molar-refractivity contribution in [2.75, 3.05) is 68.7 Å². The van der Waals surface area contributed by atoms with Crippen LogP contribution in [0.15, 0.2) is 42.7 Å². The Morgan fingerprint density at radius 3 is 2.21 bits per heavy atom. The average Bonchev–Trinajstić information content (AvgIpc) is 2.79. The highest BCUT2D eigenvalue weighted by molar-refractivity contribution is 5.76. The van der Waals surface area contributed by atoms with E-state index in [9.17, 15) is 9.90 Å². The van der Waals surface area contributed by atoms with Crippen molar-refractivity contribution in [2.45, 2.75) is 6.42 Å². The number of phenolic OH excluding ortho intramolecular Hbond substituents is 1. The predicted molar refractivity (Wildman–Crippen MR) is 112 cm³/mol. The Morgan fingerprint density at radius 1 is 0.862 bits per heavy atom. The maximum Gasteiger partial charge on any atom is 0.225 e. The lowest BCUT2D eigenvalue weighted by Crippen LogP contribution is -2.50.